The molecule has 0 atom stereocenters. The SMILES string of the molecule is CCN(Cc1cnc(S(=O)(=O)Cc2ccccc2)n1CC(C)C)C(=O)NC(C)(C)C. The zero-order valence-electron chi connectivity index (χ0n) is 18.8. The Labute approximate surface area is 180 Å². The summed E-state index contributed by atoms with van der Waals surface area (Å²) in [6.07, 6.45) is 1.58. The molecule has 2 rings (SSSR count). The fourth-order valence-electron chi connectivity index (χ4n) is 3.11. The molecule has 0 aliphatic rings. The van der Waals surface area contributed by atoms with Crippen molar-refractivity contribution in [2.75, 3.05) is 6.54 Å². The Kier molecular flexibility index (Phi) is 7.69. The molecule has 0 aliphatic heterocycles. The summed E-state index contributed by atoms with van der Waals surface area (Å²) in [5.74, 6) is 0.117. The van der Waals surface area contributed by atoms with Crippen molar-refractivity contribution in [2.45, 2.75) is 71.1 Å². The third-order valence-electron chi connectivity index (χ3n) is 4.43. The number of sulfone groups is 1. The summed E-state index contributed by atoms with van der Waals surface area (Å²) < 4.78 is 28.0. The summed E-state index contributed by atoms with van der Waals surface area (Å²) in [7, 11) is -3.63. The number of carbonyl (C=O) groups excluding carboxylic acids is 1. The average Bonchev–Trinajstić information content (AvgIpc) is 3.01. The highest BCUT2D eigenvalue weighted by atomic mass is 32.2. The van der Waals surface area contributed by atoms with E-state index in [-0.39, 0.29) is 28.4 Å². The highest BCUT2D eigenvalue weighted by Gasteiger charge is 2.26. The van der Waals surface area contributed by atoms with Gasteiger partial charge < -0.3 is 14.8 Å². The van der Waals surface area contributed by atoms with E-state index in [4.69, 9.17) is 0 Å². The largest absolute Gasteiger partial charge is 0.333 e. The lowest BCUT2D eigenvalue weighted by molar-refractivity contribution is 0.187. The summed E-state index contributed by atoms with van der Waals surface area (Å²) in [5, 5.41) is 3.02. The maximum atomic E-state index is 13.1. The second kappa shape index (κ2) is 9.64. The van der Waals surface area contributed by atoms with E-state index >= 15 is 0 Å². The van der Waals surface area contributed by atoms with E-state index in [0.29, 0.717) is 25.3 Å². The van der Waals surface area contributed by atoms with Gasteiger partial charge in [0, 0.05) is 18.6 Å². The molecular formula is C22H34N4O3S. The minimum absolute atomic E-state index is 0.0577. The Morgan fingerprint density at radius 1 is 1.20 bits per heavy atom. The van der Waals surface area contributed by atoms with Gasteiger partial charge in [-0.1, -0.05) is 44.2 Å². The van der Waals surface area contributed by atoms with E-state index in [1.165, 1.54) is 0 Å². The number of hydrogen-bond donors (Lipinski definition) is 1. The zero-order valence-corrected chi connectivity index (χ0v) is 19.7. The average molecular weight is 435 g/mol. The van der Waals surface area contributed by atoms with Crippen LogP contribution in [0.4, 0.5) is 4.79 Å². The van der Waals surface area contributed by atoms with E-state index in [0.717, 1.165) is 5.56 Å². The summed E-state index contributed by atoms with van der Waals surface area (Å²) in [6.45, 7) is 13.0. The van der Waals surface area contributed by atoms with E-state index in [1.54, 1.807) is 27.8 Å². The van der Waals surface area contributed by atoms with Gasteiger partial charge in [0.15, 0.2) is 0 Å². The van der Waals surface area contributed by atoms with Crippen LogP contribution in [-0.4, -0.2) is 41.0 Å². The van der Waals surface area contributed by atoms with Crippen LogP contribution in [0, 0.1) is 5.92 Å². The van der Waals surface area contributed by atoms with Crippen molar-refractivity contribution in [2.24, 2.45) is 5.92 Å². The third-order valence-corrected chi connectivity index (χ3v) is 6.03. The Bertz CT molecular complexity index is 945. The summed E-state index contributed by atoms with van der Waals surface area (Å²) >= 11 is 0. The lowest BCUT2D eigenvalue weighted by Gasteiger charge is -2.28. The molecule has 0 saturated heterocycles. The van der Waals surface area contributed by atoms with E-state index in [1.807, 2.05) is 59.7 Å². The first-order chi connectivity index (χ1) is 13.9. The first-order valence-electron chi connectivity index (χ1n) is 10.3. The first kappa shape index (κ1) is 23.9. The minimum Gasteiger partial charge on any atom is -0.333 e. The van der Waals surface area contributed by atoms with Crippen LogP contribution >= 0.6 is 0 Å². The molecule has 0 bridgehead atoms. The van der Waals surface area contributed by atoms with Gasteiger partial charge in [-0.25, -0.2) is 18.2 Å². The molecule has 30 heavy (non-hydrogen) atoms. The molecule has 0 fully saturated rings. The maximum absolute atomic E-state index is 13.1. The normalized spacial score (nSPS) is 12.2. The molecule has 1 heterocycles. The van der Waals surface area contributed by atoms with Crippen molar-refractivity contribution in [3.8, 4) is 0 Å². The van der Waals surface area contributed by atoms with Crippen molar-refractivity contribution in [3.63, 3.8) is 0 Å². The molecule has 0 spiro atoms. The highest BCUT2D eigenvalue weighted by molar-refractivity contribution is 7.90. The van der Waals surface area contributed by atoms with Crippen LogP contribution in [0.1, 0.15) is 52.8 Å². The van der Waals surface area contributed by atoms with Gasteiger partial charge in [0.1, 0.15) is 0 Å². The van der Waals surface area contributed by atoms with E-state index in [2.05, 4.69) is 10.3 Å². The van der Waals surface area contributed by atoms with Crippen LogP contribution in [0.15, 0.2) is 41.7 Å². The van der Waals surface area contributed by atoms with Crippen LogP contribution in [0.3, 0.4) is 0 Å². The number of imidazole rings is 1. The van der Waals surface area contributed by atoms with Gasteiger partial charge in [-0.3, -0.25) is 0 Å². The Balaban J connectivity index is 2.35. The molecule has 8 heteroatoms. The monoisotopic (exact) mass is 434 g/mol. The molecule has 1 aromatic heterocycles. The van der Waals surface area contributed by atoms with Crippen molar-refractivity contribution >= 4 is 15.9 Å². The molecule has 1 N–H and O–H groups in total. The fourth-order valence-corrected chi connectivity index (χ4v) is 4.61. The lowest BCUT2D eigenvalue weighted by Crippen LogP contribution is -2.48. The van der Waals surface area contributed by atoms with Gasteiger partial charge >= 0.3 is 6.03 Å². The number of carbonyl (C=O) groups is 1. The minimum atomic E-state index is -3.63. The second-order valence-corrected chi connectivity index (χ2v) is 10.9. The number of nitrogens with one attached hydrogen (secondary N) is 1. The molecule has 2 aromatic rings. The smallest absolute Gasteiger partial charge is 0.318 e. The van der Waals surface area contributed by atoms with Gasteiger partial charge in [-0.2, -0.15) is 0 Å². The summed E-state index contributed by atoms with van der Waals surface area (Å²) in [4.78, 5) is 18.6. The standard InChI is InChI=1S/C22H34N4O3S/c1-7-25(20(27)24-22(4,5)6)15-19-13-23-21(26(19)14-17(2)3)30(28,29)16-18-11-9-8-10-12-18/h8-13,17H,7,14-16H2,1-6H3,(H,24,27). The number of hydrogen-bond acceptors (Lipinski definition) is 4. The van der Waals surface area contributed by atoms with Crippen molar-refractivity contribution in [1.82, 2.24) is 19.8 Å². The van der Waals surface area contributed by atoms with Gasteiger partial charge in [-0.15, -0.1) is 0 Å². The summed E-state index contributed by atoms with van der Waals surface area (Å²) in [6, 6.07) is 8.91. The topological polar surface area (TPSA) is 84.3 Å². The predicted octanol–water partition coefficient (Wildman–Crippen LogP) is 3.84. The van der Waals surface area contributed by atoms with Crippen LogP contribution in [0.2, 0.25) is 0 Å². The molecule has 7 nitrogen and oxygen atoms in total. The number of nitrogens with zero attached hydrogens (tertiary/aromatic N) is 3. The number of rotatable bonds is 8. The van der Waals surface area contributed by atoms with Gasteiger partial charge in [0.2, 0.25) is 15.0 Å². The molecular weight excluding hydrogens is 400 g/mol. The van der Waals surface area contributed by atoms with Crippen LogP contribution in [0.5, 0.6) is 0 Å². The van der Waals surface area contributed by atoms with Crippen molar-refractivity contribution < 1.29 is 13.2 Å². The first-order valence-corrected chi connectivity index (χ1v) is 12.0. The van der Waals surface area contributed by atoms with Gasteiger partial charge in [0.05, 0.1) is 24.2 Å². The van der Waals surface area contributed by atoms with Crippen LogP contribution in [-0.2, 0) is 28.7 Å². The van der Waals surface area contributed by atoms with E-state index in [9.17, 15) is 13.2 Å². The van der Waals surface area contributed by atoms with Crippen LogP contribution in [0.25, 0.3) is 0 Å². The van der Waals surface area contributed by atoms with E-state index < -0.39 is 9.84 Å². The summed E-state index contributed by atoms with van der Waals surface area (Å²) in [5.41, 5.74) is 1.08. The fraction of sp³-hybridized carbons (Fsp3) is 0.545. The number of benzene rings is 1. The van der Waals surface area contributed by atoms with Crippen LogP contribution < -0.4 is 5.32 Å². The molecule has 0 unspecified atom stereocenters. The third kappa shape index (κ3) is 6.58. The number of urea groups is 1. The Morgan fingerprint density at radius 3 is 2.37 bits per heavy atom. The molecule has 166 valence electrons. The highest BCUT2D eigenvalue weighted by Crippen LogP contribution is 2.20. The Hall–Kier alpha value is -2.35. The quantitative estimate of drug-likeness (QED) is 0.684. The maximum Gasteiger partial charge on any atom is 0.318 e. The molecule has 2 amide bonds. The molecule has 0 saturated carbocycles. The van der Waals surface area contributed by atoms with Gasteiger partial charge in [0.25, 0.3) is 0 Å². The predicted molar refractivity (Wildman–Crippen MR) is 119 cm³/mol. The number of aromatic nitrogens is 2. The molecule has 0 aliphatic carbocycles. The number of amides is 2. The molecule has 0 radical (unpaired) electrons. The zero-order chi connectivity index (χ0) is 22.5. The molecule has 1 aromatic carbocycles. The lowest BCUT2D eigenvalue weighted by atomic mass is 10.1. The van der Waals surface area contributed by atoms with Gasteiger partial charge in [-0.05, 0) is 39.2 Å². The Morgan fingerprint density at radius 2 is 1.83 bits per heavy atom. The van der Waals surface area contributed by atoms with Crippen molar-refractivity contribution in [3.05, 3.63) is 47.8 Å². The van der Waals surface area contributed by atoms with Crippen molar-refractivity contribution in [1.29, 1.82) is 0 Å². The second-order valence-electron chi connectivity index (χ2n) is 8.98.